The van der Waals surface area contributed by atoms with Crippen molar-refractivity contribution in [1.82, 2.24) is 9.38 Å². The van der Waals surface area contributed by atoms with Crippen LogP contribution in [0.4, 0.5) is 11.5 Å². The van der Waals surface area contributed by atoms with Crippen molar-refractivity contribution in [3.8, 4) is 0 Å². The molecule has 0 aliphatic carbocycles. The first-order valence-corrected chi connectivity index (χ1v) is 7.21. The van der Waals surface area contributed by atoms with Gasteiger partial charge in [0.15, 0.2) is 5.82 Å². The van der Waals surface area contributed by atoms with Gasteiger partial charge in [-0.3, -0.25) is 9.20 Å². The predicted octanol–water partition coefficient (Wildman–Crippen LogP) is 3.99. The number of pyridine rings is 1. The van der Waals surface area contributed by atoms with Crippen molar-refractivity contribution < 1.29 is 9.90 Å². The zero-order valence-corrected chi connectivity index (χ0v) is 12.9. The first kappa shape index (κ1) is 14.9. The smallest absolute Gasteiger partial charge is 0.309 e. The van der Waals surface area contributed by atoms with Crippen LogP contribution in [0.3, 0.4) is 0 Å². The number of rotatable bonds is 4. The van der Waals surface area contributed by atoms with Crippen LogP contribution in [0.2, 0.25) is 0 Å². The van der Waals surface area contributed by atoms with Crippen LogP contribution in [0.15, 0.2) is 52.8 Å². The zero-order chi connectivity index (χ0) is 16.4. The number of benzene rings is 1. The molecule has 0 aliphatic rings. The minimum Gasteiger partial charge on any atom is -0.481 e. The molecule has 0 spiro atoms. The molecule has 2 aromatic heterocycles. The molecule has 3 aromatic rings. The fourth-order valence-electron chi connectivity index (χ4n) is 2.42. The van der Waals surface area contributed by atoms with Gasteiger partial charge in [0.25, 0.3) is 0 Å². The highest BCUT2D eigenvalue weighted by Gasteiger charge is 2.14. The Balaban J connectivity index is 2.07. The Morgan fingerprint density at radius 2 is 2.04 bits per heavy atom. The third-order valence-corrected chi connectivity index (χ3v) is 3.50. The number of hydrogen-bond acceptors (Lipinski definition) is 4. The van der Waals surface area contributed by atoms with Crippen LogP contribution in [-0.4, -0.2) is 20.5 Å². The molecule has 6 nitrogen and oxygen atoms in total. The average Bonchev–Trinajstić information content (AvgIpc) is 2.83. The third-order valence-electron chi connectivity index (χ3n) is 3.50. The van der Waals surface area contributed by atoms with E-state index in [-0.39, 0.29) is 6.42 Å². The summed E-state index contributed by atoms with van der Waals surface area (Å²) in [7, 11) is 0. The lowest BCUT2D eigenvalue weighted by Gasteiger charge is -2.01. The van der Waals surface area contributed by atoms with Gasteiger partial charge in [-0.05, 0) is 37.6 Å². The number of hydrogen-bond donors (Lipinski definition) is 1. The molecule has 0 atom stereocenters. The first-order chi connectivity index (χ1) is 11.0. The lowest BCUT2D eigenvalue weighted by atomic mass is 10.1. The number of azo groups is 1. The predicted molar refractivity (Wildman–Crippen MR) is 86.6 cm³/mol. The summed E-state index contributed by atoms with van der Waals surface area (Å²) in [5.41, 5.74) is 3.98. The lowest BCUT2D eigenvalue weighted by Crippen LogP contribution is -2.00. The van der Waals surface area contributed by atoms with E-state index in [9.17, 15) is 4.79 Å². The van der Waals surface area contributed by atoms with Crippen LogP contribution >= 0.6 is 0 Å². The molecule has 0 amide bonds. The number of aryl methyl sites for hydroxylation is 2. The molecule has 1 aromatic carbocycles. The first-order valence-electron chi connectivity index (χ1n) is 7.21. The Bertz CT molecular complexity index is 912. The van der Waals surface area contributed by atoms with Crippen molar-refractivity contribution >= 4 is 23.1 Å². The molecular formula is C17H16N4O2. The maximum atomic E-state index is 11.0. The number of carbonyl (C=O) groups is 1. The van der Waals surface area contributed by atoms with Gasteiger partial charge in [0, 0.05) is 6.20 Å². The zero-order valence-electron chi connectivity index (χ0n) is 12.9. The molecule has 116 valence electrons. The standard InChI is InChI=1S/C17H16N4O2/c1-11-6-7-13(12(2)9-11)19-20-17-14(10-16(22)23)18-15-5-3-4-8-21(15)17/h3-9H,10H2,1-2H3,(H,22,23). The van der Waals surface area contributed by atoms with Gasteiger partial charge in [0.2, 0.25) is 0 Å². The molecular weight excluding hydrogens is 292 g/mol. The topological polar surface area (TPSA) is 79.3 Å². The highest BCUT2D eigenvalue weighted by molar-refractivity contribution is 5.72. The number of carboxylic acid groups (broad SMARTS) is 1. The van der Waals surface area contributed by atoms with E-state index in [2.05, 4.69) is 15.2 Å². The molecule has 0 saturated heterocycles. The highest BCUT2D eigenvalue weighted by Crippen LogP contribution is 2.26. The molecule has 6 heteroatoms. The maximum absolute atomic E-state index is 11.0. The molecule has 0 radical (unpaired) electrons. The molecule has 0 fully saturated rings. The van der Waals surface area contributed by atoms with Crippen molar-refractivity contribution in [3.05, 3.63) is 59.4 Å². The van der Waals surface area contributed by atoms with Crippen LogP contribution in [0, 0.1) is 13.8 Å². The van der Waals surface area contributed by atoms with Crippen LogP contribution in [0.5, 0.6) is 0 Å². The van der Waals surface area contributed by atoms with E-state index in [0.717, 1.165) is 16.8 Å². The van der Waals surface area contributed by atoms with E-state index >= 15 is 0 Å². The van der Waals surface area contributed by atoms with Crippen molar-refractivity contribution in [3.63, 3.8) is 0 Å². The van der Waals surface area contributed by atoms with Gasteiger partial charge in [-0.25, -0.2) is 4.98 Å². The average molecular weight is 308 g/mol. The van der Waals surface area contributed by atoms with Crippen LogP contribution in [0.25, 0.3) is 5.65 Å². The third kappa shape index (κ3) is 3.11. The summed E-state index contributed by atoms with van der Waals surface area (Å²) in [6.07, 6.45) is 1.60. The number of fused-ring (bicyclic) bond motifs is 1. The Labute approximate surface area is 133 Å². The molecule has 0 saturated carbocycles. The van der Waals surface area contributed by atoms with Gasteiger partial charge >= 0.3 is 5.97 Å². The number of nitrogens with zero attached hydrogens (tertiary/aromatic N) is 4. The maximum Gasteiger partial charge on any atom is 0.309 e. The van der Waals surface area contributed by atoms with E-state index < -0.39 is 5.97 Å². The molecule has 0 unspecified atom stereocenters. The molecule has 3 rings (SSSR count). The van der Waals surface area contributed by atoms with Gasteiger partial charge in [-0.1, -0.05) is 23.8 Å². The number of carboxylic acids is 1. The Morgan fingerprint density at radius 1 is 1.22 bits per heavy atom. The Hall–Kier alpha value is -3.02. The minimum absolute atomic E-state index is 0.192. The van der Waals surface area contributed by atoms with Crippen LogP contribution in [0.1, 0.15) is 16.8 Å². The second-order valence-electron chi connectivity index (χ2n) is 5.37. The summed E-state index contributed by atoms with van der Waals surface area (Å²) in [5.74, 6) is -0.501. The molecule has 0 bridgehead atoms. The SMILES string of the molecule is Cc1ccc(N=Nc2c(CC(=O)O)nc3ccccn23)c(C)c1. The van der Waals surface area contributed by atoms with E-state index in [1.54, 1.807) is 10.6 Å². The van der Waals surface area contributed by atoms with Gasteiger partial charge in [-0.15, -0.1) is 10.2 Å². The summed E-state index contributed by atoms with van der Waals surface area (Å²) in [5, 5.41) is 17.6. The van der Waals surface area contributed by atoms with Crippen molar-refractivity contribution in [2.45, 2.75) is 20.3 Å². The number of aliphatic carboxylic acids is 1. The van der Waals surface area contributed by atoms with Gasteiger partial charge < -0.3 is 5.11 Å². The fourth-order valence-corrected chi connectivity index (χ4v) is 2.42. The quantitative estimate of drug-likeness (QED) is 0.740. The lowest BCUT2D eigenvalue weighted by molar-refractivity contribution is -0.136. The monoisotopic (exact) mass is 308 g/mol. The second kappa shape index (κ2) is 6.00. The molecule has 2 heterocycles. The Morgan fingerprint density at radius 3 is 2.78 bits per heavy atom. The normalized spacial score (nSPS) is 11.4. The van der Waals surface area contributed by atoms with Gasteiger partial charge in [-0.2, -0.15) is 0 Å². The summed E-state index contributed by atoms with van der Waals surface area (Å²) >= 11 is 0. The second-order valence-corrected chi connectivity index (χ2v) is 5.37. The van der Waals surface area contributed by atoms with E-state index in [1.807, 2.05) is 50.2 Å². The number of aromatic nitrogens is 2. The number of imidazole rings is 1. The fraction of sp³-hybridized carbons (Fsp3) is 0.176. The largest absolute Gasteiger partial charge is 0.481 e. The van der Waals surface area contributed by atoms with E-state index in [4.69, 9.17) is 5.11 Å². The summed E-state index contributed by atoms with van der Waals surface area (Å²) in [4.78, 5) is 15.4. The van der Waals surface area contributed by atoms with Crippen molar-refractivity contribution in [2.24, 2.45) is 10.2 Å². The molecule has 23 heavy (non-hydrogen) atoms. The van der Waals surface area contributed by atoms with Crippen molar-refractivity contribution in [1.29, 1.82) is 0 Å². The molecule has 0 aliphatic heterocycles. The van der Waals surface area contributed by atoms with E-state index in [1.165, 1.54) is 0 Å². The summed E-state index contributed by atoms with van der Waals surface area (Å²) in [6.45, 7) is 3.98. The molecule has 1 N–H and O–H groups in total. The van der Waals surface area contributed by atoms with Crippen molar-refractivity contribution in [2.75, 3.05) is 0 Å². The van der Waals surface area contributed by atoms with E-state index in [0.29, 0.717) is 17.2 Å². The van der Waals surface area contributed by atoms with Crippen LogP contribution in [-0.2, 0) is 11.2 Å². The highest BCUT2D eigenvalue weighted by atomic mass is 16.4. The minimum atomic E-state index is -0.948. The van der Waals surface area contributed by atoms with Gasteiger partial charge in [0.1, 0.15) is 5.65 Å². The van der Waals surface area contributed by atoms with Gasteiger partial charge in [0.05, 0.1) is 17.8 Å². The Kier molecular flexibility index (Phi) is 3.89. The summed E-state index contributed by atoms with van der Waals surface area (Å²) < 4.78 is 1.74. The summed E-state index contributed by atoms with van der Waals surface area (Å²) in [6, 6.07) is 11.4. The van der Waals surface area contributed by atoms with Crippen LogP contribution < -0.4 is 0 Å².